The third-order valence-corrected chi connectivity index (χ3v) is 5.61. The number of carbonyl (C=O) groups excluding carboxylic acids is 1. The van der Waals surface area contributed by atoms with Crippen molar-refractivity contribution in [1.82, 2.24) is 14.9 Å². The summed E-state index contributed by atoms with van der Waals surface area (Å²) in [6.45, 7) is 5.89. The van der Waals surface area contributed by atoms with Gasteiger partial charge in [-0.2, -0.15) is 0 Å². The van der Waals surface area contributed by atoms with Crippen LogP contribution in [-0.2, 0) is 6.42 Å². The second kappa shape index (κ2) is 5.16. The van der Waals surface area contributed by atoms with Gasteiger partial charge in [0.25, 0.3) is 5.91 Å². The Kier molecular flexibility index (Phi) is 3.26. The number of hydrogen-bond donors (Lipinski definition) is 0. The van der Waals surface area contributed by atoms with E-state index in [1.807, 2.05) is 28.6 Å². The van der Waals surface area contributed by atoms with Crippen LogP contribution >= 0.6 is 11.3 Å². The van der Waals surface area contributed by atoms with E-state index in [1.54, 1.807) is 0 Å². The zero-order valence-corrected chi connectivity index (χ0v) is 13.6. The van der Waals surface area contributed by atoms with Crippen molar-refractivity contribution in [3.63, 3.8) is 0 Å². The van der Waals surface area contributed by atoms with Crippen LogP contribution in [0.2, 0.25) is 0 Å². The van der Waals surface area contributed by atoms with Gasteiger partial charge in [0.2, 0.25) is 0 Å². The van der Waals surface area contributed by atoms with Gasteiger partial charge in [-0.05, 0) is 29.3 Å². The molecule has 1 saturated heterocycles. The van der Waals surface area contributed by atoms with Crippen molar-refractivity contribution in [2.45, 2.75) is 32.1 Å². The molecule has 22 heavy (non-hydrogen) atoms. The molecule has 0 unspecified atom stereocenters. The van der Waals surface area contributed by atoms with Gasteiger partial charge in [-0.25, -0.2) is 9.97 Å². The Morgan fingerprint density at radius 3 is 3.00 bits per heavy atom. The van der Waals surface area contributed by atoms with E-state index in [4.69, 9.17) is 4.98 Å². The zero-order valence-electron chi connectivity index (χ0n) is 12.8. The number of nitrogens with zero attached hydrogens (tertiary/aromatic N) is 3. The van der Waals surface area contributed by atoms with E-state index >= 15 is 0 Å². The molecule has 5 heteroatoms. The SMILES string of the molecule is CC(C)c1ncc2c(n1)C[C@H]1CN(C(=O)c3cccs3)C[C@H]21. The molecule has 0 aromatic carbocycles. The summed E-state index contributed by atoms with van der Waals surface area (Å²) < 4.78 is 0. The van der Waals surface area contributed by atoms with E-state index in [2.05, 4.69) is 18.8 Å². The van der Waals surface area contributed by atoms with Crippen molar-refractivity contribution in [3.05, 3.63) is 45.7 Å². The summed E-state index contributed by atoms with van der Waals surface area (Å²) in [5.74, 6) is 2.40. The summed E-state index contributed by atoms with van der Waals surface area (Å²) in [5, 5.41) is 1.96. The minimum Gasteiger partial charge on any atom is -0.337 e. The van der Waals surface area contributed by atoms with Crippen molar-refractivity contribution >= 4 is 17.2 Å². The van der Waals surface area contributed by atoms with Crippen LogP contribution in [0.1, 0.15) is 52.4 Å². The number of likely N-dealkylation sites (tertiary alicyclic amines) is 1. The van der Waals surface area contributed by atoms with E-state index in [1.165, 1.54) is 22.6 Å². The summed E-state index contributed by atoms with van der Waals surface area (Å²) >= 11 is 1.52. The van der Waals surface area contributed by atoms with Gasteiger partial charge in [-0.15, -0.1) is 11.3 Å². The predicted molar refractivity (Wildman–Crippen MR) is 86.3 cm³/mol. The van der Waals surface area contributed by atoms with E-state index in [0.717, 1.165) is 30.2 Å². The third-order valence-electron chi connectivity index (χ3n) is 4.75. The van der Waals surface area contributed by atoms with Gasteiger partial charge in [0.1, 0.15) is 5.82 Å². The Morgan fingerprint density at radius 1 is 1.41 bits per heavy atom. The number of aromatic nitrogens is 2. The molecule has 3 heterocycles. The molecule has 0 bridgehead atoms. The molecule has 1 amide bonds. The molecule has 2 atom stereocenters. The van der Waals surface area contributed by atoms with Crippen LogP contribution in [0.3, 0.4) is 0 Å². The number of carbonyl (C=O) groups is 1. The van der Waals surface area contributed by atoms with Crippen molar-refractivity contribution in [2.24, 2.45) is 5.92 Å². The van der Waals surface area contributed by atoms with Crippen molar-refractivity contribution in [3.8, 4) is 0 Å². The minimum atomic E-state index is 0.172. The lowest BCUT2D eigenvalue weighted by atomic mass is 9.97. The maximum Gasteiger partial charge on any atom is 0.263 e. The molecule has 114 valence electrons. The molecule has 2 aromatic heterocycles. The van der Waals surface area contributed by atoms with E-state index in [0.29, 0.717) is 17.8 Å². The first-order valence-electron chi connectivity index (χ1n) is 7.82. The Balaban J connectivity index is 1.56. The van der Waals surface area contributed by atoms with Crippen LogP contribution < -0.4 is 0 Å². The lowest BCUT2D eigenvalue weighted by Gasteiger charge is -2.17. The smallest absolute Gasteiger partial charge is 0.263 e. The van der Waals surface area contributed by atoms with E-state index in [-0.39, 0.29) is 5.91 Å². The fourth-order valence-electron chi connectivity index (χ4n) is 3.59. The minimum absolute atomic E-state index is 0.172. The fraction of sp³-hybridized carbons (Fsp3) is 0.471. The molecule has 1 aliphatic carbocycles. The lowest BCUT2D eigenvalue weighted by molar-refractivity contribution is 0.0790. The molecule has 1 fully saturated rings. The molecule has 2 aromatic rings. The van der Waals surface area contributed by atoms with Crippen LogP contribution in [0.5, 0.6) is 0 Å². The predicted octanol–water partition coefficient (Wildman–Crippen LogP) is 3.07. The van der Waals surface area contributed by atoms with Crippen LogP contribution in [0.15, 0.2) is 23.7 Å². The summed E-state index contributed by atoms with van der Waals surface area (Å²) in [5.41, 5.74) is 2.47. The van der Waals surface area contributed by atoms with Gasteiger partial charge in [-0.1, -0.05) is 19.9 Å². The van der Waals surface area contributed by atoms with Crippen LogP contribution in [-0.4, -0.2) is 33.9 Å². The monoisotopic (exact) mass is 313 g/mol. The molecule has 0 N–H and O–H groups in total. The number of rotatable bonds is 2. The summed E-state index contributed by atoms with van der Waals surface area (Å²) in [4.78, 5) is 24.6. The zero-order chi connectivity index (χ0) is 15.3. The highest BCUT2D eigenvalue weighted by molar-refractivity contribution is 7.12. The number of fused-ring (bicyclic) bond motifs is 3. The number of hydrogen-bond acceptors (Lipinski definition) is 4. The van der Waals surface area contributed by atoms with Crippen LogP contribution in [0, 0.1) is 5.92 Å². The second-order valence-corrected chi connectivity index (χ2v) is 7.49. The summed E-state index contributed by atoms with van der Waals surface area (Å²) in [6.07, 6.45) is 2.98. The first-order chi connectivity index (χ1) is 10.6. The second-order valence-electron chi connectivity index (χ2n) is 6.54. The normalized spacial score (nSPS) is 23.0. The van der Waals surface area contributed by atoms with Crippen molar-refractivity contribution in [1.29, 1.82) is 0 Å². The first kappa shape index (κ1) is 13.9. The molecule has 0 saturated carbocycles. The average Bonchev–Trinajstić information content (AvgIpc) is 3.21. The molecule has 0 radical (unpaired) electrons. The van der Waals surface area contributed by atoms with E-state index < -0.39 is 0 Å². The molecule has 0 spiro atoms. The van der Waals surface area contributed by atoms with Crippen LogP contribution in [0.25, 0.3) is 0 Å². The topological polar surface area (TPSA) is 46.1 Å². The Bertz CT molecular complexity index is 711. The Morgan fingerprint density at radius 2 is 2.27 bits per heavy atom. The summed E-state index contributed by atoms with van der Waals surface area (Å²) in [7, 11) is 0. The maximum absolute atomic E-state index is 12.5. The Labute approximate surface area is 134 Å². The largest absolute Gasteiger partial charge is 0.337 e. The highest BCUT2D eigenvalue weighted by Gasteiger charge is 2.42. The number of thiophene rings is 1. The van der Waals surface area contributed by atoms with Gasteiger partial charge in [0, 0.05) is 36.8 Å². The third kappa shape index (κ3) is 2.15. The molecule has 1 aliphatic heterocycles. The number of amides is 1. The molecule has 2 aliphatic rings. The quantitative estimate of drug-likeness (QED) is 0.856. The molecule has 4 rings (SSSR count). The fourth-order valence-corrected chi connectivity index (χ4v) is 4.28. The molecular formula is C17H19N3OS. The van der Waals surface area contributed by atoms with Crippen molar-refractivity contribution < 1.29 is 4.79 Å². The van der Waals surface area contributed by atoms with Crippen LogP contribution in [0.4, 0.5) is 0 Å². The highest BCUT2D eigenvalue weighted by Crippen LogP contribution is 2.42. The highest BCUT2D eigenvalue weighted by atomic mass is 32.1. The summed E-state index contributed by atoms with van der Waals surface area (Å²) in [6, 6.07) is 3.85. The molecular weight excluding hydrogens is 294 g/mol. The van der Waals surface area contributed by atoms with E-state index in [9.17, 15) is 4.79 Å². The standard InChI is InChI=1S/C17H19N3OS/c1-10(2)16-18-7-12-13-9-20(8-11(13)6-14(12)19-16)17(21)15-4-3-5-22-15/h3-5,7,10-11,13H,6,8-9H2,1-2H3/t11-,13-/m0/s1. The Hall–Kier alpha value is -1.75. The lowest BCUT2D eigenvalue weighted by Crippen LogP contribution is -2.29. The first-order valence-corrected chi connectivity index (χ1v) is 8.70. The van der Waals surface area contributed by atoms with Gasteiger partial charge in [-0.3, -0.25) is 4.79 Å². The average molecular weight is 313 g/mol. The van der Waals surface area contributed by atoms with Gasteiger partial charge in [0.05, 0.1) is 4.88 Å². The van der Waals surface area contributed by atoms with Gasteiger partial charge in [0.15, 0.2) is 0 Å². The van der Waals surface area contributed by atoms with Gasteiger partial charge >= 0.3 is 0 Å². The van der Waals surface area contributed by atoms with Crippen molar-refractivity contribution in [2.75, 3.05) is 13.1 Å². The molecule has 4 nitrogen and oxygen atoms in total. The van der Waals surface area contributed by atoms with Gasteiger partial charge < -0.3 is 4.90 Å². The maximum atomic E-state index is 12.5.